The first-order valence-electron chi connectivity index (χ1n) is 5.44. The number of rotatable bonds is 2. The predicted molar refractivity (Wildman–Crippen MR) is 68.1 cm³/mol. The second-order valence-corrected chi connectivity index (χ2v) is 6.43. The lowest BCUT2D eigenvalue weighted by Gasteiger charge is -2.19. The van der Waals surface area contributed by atoms with Crippen molar-refractivity contribution in [3.05, 3.63) is 23.8 Å². The third-order valence-corrected chi connectivity index (χ3v) is 4.84. The Bertz CT molecular complexity index is 597. The second kappa shape index (κ2) is 4.16. The molecule has 1 unspecified atom stereocenters. The molecule has 2 rings (SSSR count). The van der Waals surface area contributed by atoms with Crippen molar-refractivity contribution in [1.29, 1.82) is 0 Å². The second-order valence-electron chi connectivity index (χ2n) is 4.50. The van der Waals surface area contributed by atoms with Crippen molar-refractivity contribution in [2.45, 2.75) is 6.92 Å². The van der Waals surface area contributed by atoms with Gasteiger partial charge in [0, 0.05) is 12.2 Å². The minimum Gasteiger partial charge on any atom is -0.478 e. The maximum Gasteiger partial charge on any atom is 0.337 e. The van der Waals surface area contributed by atoms with Crippen LogP contribution in [0.3, 0.4) is 0 Å². The van der Waals surface area contributed by atoms with Crippen LogP contribution in [0, 0.1) is 5.92 Å². The van der Waals surface area contributed by atoms with Crippen LogP contribution in [0.2, 0.25) is 0 Å². The summed E-state index contributed by atoms with van der Waals surface area (Å²) in [4.78, 5) is 11.1. The highest BCUT2D eigenvalue weighted by Crippen LogP contribution is 2.31. The number of carbonyl (C=O) groups is 1. The number of anilines is 2. The number of carboxylic acids is 1. The van der Waals surface area contributed by atoms with Gasteiger partial charge in [-0.3, -0.25) is 4.31 Å². The molecule has 0 spiro atoms. The third-order valence-electron chi connectivity index (χ3n) is 2.83. The van der Waals surface area contributed by atoms with Crippen LogP contribution in [0.25, 0.3) is 0 Å². The number of nitrogens with two attached hydrogens (primary N) is 1. The normalized spacial score (nSPS) is 22.1. The van der Waals surface area contributed by atoms with Gasteiger partial charge in [0.05, 0.1) is 17.0 Å². The zero-order chi connectivity index (χ0) is 13.5. The molecule has 0 saturated carbocycles. The van der Waals surface area contributed by atoms with E-state index in [-0.39, 0.29) is 22.9 Å². The van der Waals surface area contributed by atoms with E-state index in [0.717, 1.165) is 4.31 Å². The van der Waals surface area contributed by atoms with Crippen LogP contribution < -0.4 is 10.0 Å². The van der Waals surface area contributed by atoms with E-state index in [9.17, 15) is 13.2 Å². The van der Waals surface area contributed by atoms with E-state index < -0.39 is 16.0 Å². The van der Waals surface area contributed by atoms with Crippen LogP contribution in [0.5, 0.6) is 0 Å². The first-order chi connectivity index (χ1) is 8.31. The van der Waals surface area contributed by atoms with Gasteiger partial charge in [-0.2, -0.15) is 0 Å². The van der Waals surface area contributed by atoms with E-state index in [2.05, 4.69) is 0 Å². The highest BCUT2D eigenvalue weighted by atomic mass is 32.2. The van der Waals surface area contributed by atoms with Gasteiger partial charge in [0.1, 0.15) is 0 Å². The number of sulfonamides is 1. The average molecular weight is 270 g/mol. The first-order valence-corrected chi connectivity index (χ1v) is 7.05. The molecule has 3 N–H and O–H groups in total. The first kappa shape index (κ1) is 12.7. The van der Waals surface area contributed by atoms with Gasteiger partial charge in [0.15, 0.2) is 0 Å². The van der Waals surface area contributed by atoms with E-state index in [1.165, 1.54) is 18.2 Å². The summed E-state index contributed by atoms with van der Waals surface area (Å²) in [6.07, 6.45) is 0. The Morgan fingerprint density at radius 2 is 2.17 bits per heavy atom. The fraction of sp³-hybridized carbons (Fsp3) is 0.364. The molecular formula is C11H14N2O4S. The molecule has 0 radical (unpaired) electrons. The highest BCUT2D eigenvalue weighted by Gasteiger charge is 2.35. The summed E-state index contributed by atoms with van der Waals surface area (Å²) in [5.74, 6) is -1.17. The average Bonchev–Trinajstić information content (AvgIpc) is 2.51. The number of hydrogen-bond donors (Lipinski definition) is 2. The topological polar surface area (TPSA) is 101 Å². The molecule has 6 nitrogen and oxygen atoms in total. The predicted octanol–water partition coefficient (Wildman–Crippen LogP) is 0.753. The van der Waals surface area contributed by atoms with Crippen LogP contribution in [-0.2, 0) is 10.0 Å². The van der Waals surface area contributed by atoms with Gasteiger partial charge in [-0.25, -0.2) is 13.2 Å². The molecule has 1 fully saturated rings. The summed E-state index contributed by atoms with van der Waals surface area (Å²) >= 11 is 0. The lowest BCUT2D eigenvalue weighted by Crippen LogP contribution is -2.27. The van der Waals surface area contributed by atoms with Crippen LogP contribution >= 0.6 is 0 Å². The van der Waals surface area contributed by atoms with E-state index in [4.69, 9.17) is 10.8 Å². The molecule has 7 heteroatoms. The zero-order valence-corrected chi connectivity index (χ0v) is 10.6. The number of nitrogen functional groups attached to an aromatic ring is 1. The van der Waals surface area contributed by atoms with Gasteiger partial charge in [-0.05, 0) is 24.1 Å². The number of nitrogens with zero attached hydrogens (tertiary/aromatic N) is 1. The summed E-state index contributed by atoms with van der Waals surface area (Å²) in [5, 5.41) is 9.11. The monoisotopic (exact) mass is 270 g/mol. The van der Waals surface area contributed by atoms with Crippen molar-refractivity contribution in [3.63, 3.8) is 0 Å². The summed E-state index contributed by atoms with van der Waals surface area (Å²) in [6.45, 7) is 2.11. The Morgan fingerprint density at radius 3 is 2.67 bits per heavy atom. The number of benzene rings is 1. The van der Waals surface area contributed by atoms with Gasteiger partial charge in [-0.15, -0.1) is 0 Å². The van der Waals surface area contributed by atoms with Gasteiger partial charge in [0.2, 0.25) is 10.0 Å². The minimum atomic E-state index is -3.43. The maximum atomic E-state index is 11.9. The molecule has 0 amide bonds. The van der Waals surface area contributed by atoms with Crippen molar-refractivity contribution in [1.82, 2.24) is 0 Å². The van der Waals surface area contributed by atoms with E-state index in [1.54, 1.807) is 0 Å². The Kier molecular flexibility index (Phi) is 2.94. The van der Waals surface area contributed by atoms with Gasteiger partial charge < -0.3 is 10.8 Å². The van der Waals surface area contributed by atoms with Gasteiger partial charge >= 0.3 is 5.97 Å². The van der Waals surface area contributed by atoms with Crippen molar-refractivity contribution in [3.8, 4) is 0 Å². The summed E-state index contributed by atoms with van der Waals surface area (Å²) in [7, 11) is -3.43. The lowest BCUT2D eigenvalue weighted by molar-refractivity contribution is 0.0698. The summed E-state index contributed by atoms with van der Waals surface area (Å²) in [6, 6.07) is 4.21. The molecule has 0 aromatic heterocycles. The summed E-state index contributed by atoms with van der Waals surface area (Å²) in [5.41, 5.74) is 5.91. The highest BCUT2D eigenvalue weighted by molar-refractivity contribution is 7.93. The molecule has 1 aromatic carbocycles. The van der Waals surface area contributed by atoms with Gasteiger partial charge in [-0.1, -0.05) is 6.92 Å². The van der Waals surface area contributed by atoms with Crippen LogP contribution in [-0.4, -0.2) is 31.8 Å². The van der Waals surface area contributed by atoms with E-state index >= 15 is 0 Å². The Hall–Kier alpha value is -1.76. The number of carboxylic acid groups (broad SMARTS) is 1. The van der Waals surface area contributed by atoms with Crippen LogP contribution in [0.1, 0.15) is 17.3 Å². The molecule has 1 aliphatic heterocycles. The summed E-state index contributed by atoms with van der Waals surface area (Å²) < 4.78 is 25.0. The zero-order valence-electron chi connectivity index (χ0n) is 9.83. The lowest BCUT2D eigenvalue weighted by atomic mass is 10.1. The number of hydrogen-bond acceptors (Lipinski definition) is 4. The maximum absolute atomic E-state index is 11.9. The quantitative estimate of drug-likeness (QED) is 0.772. The molecule has 1 aromatic rings. The molecule has 1 aliphatic rings. The molecule has 0 aliphatic carbocycles. The largest absolute Gasteiger partial charge is 0.478 e. The SMILES string of the molecule is CC1CN(c2ccc(N)cc2C(=O)O)S(=O)(=O)C1. The Morgan fingerprint density at radius 1 is 1.50 bits per heavy atom. The standard InChI is InChI=1S/C11H14N2O4S/c1-7-5-13(18(16,17)6-7)10-3-2-8(12)4-9(10)11(14)15/h2-4,7H,5-6,12H2,1H3,(H,14,15). The van der Waals surface area contributed by atoms with Crippen LogP contribution in [0.4, 0.5) is 11.4 Å². The van der Waals surface area contributed by atoms with Crippen molar-refractivity contribution < 1.29 is 18.3 Å². The van der Waals surface area contributed by atoms with Gasteiger partial charge in [0.25, 0.3) is 0 Å². The van der Waals surface area contributed by atoms with E-state index in [1.807, 2.05) is 6.92 Å². The smallest absolute Gasteiger partial charge is 0.337 e. The molecule has 98 valence electrons. The molecule has 1 saturated heterocycles. The molecule has 18 heavy (non-hydrogen) atoms. The van der Waals surface area contributed by atoms with Crippen molar-refractivity contribution in [2.24, 2.45) is 5.92 Å². The molecule has 0 bridgehead atoms. The number of aromatic carboxylic acids is 1. The molecule has 1 atom stereocenters. The van der Waals surface area contributed by atoms with Crippen molar-refractivity contribution >= 4 is 27.4 Å². The van der Waals surface area contributed by atoms with E-state index in [0.29, 0.717) is 12.2 Å². The fourth-order valence-corrected chi connectivity index (χ4v) is 4.03. The third kappa shape index (κ3) is 2.13. The van der Waals surface area contributed by atoms with Crippen LogP contribution in [0.15, 0.2) is 18.2 Å². The van der Waals surface area contributed by atoms with Crippen molar-refractivity contribution in [2.75, 3.05) is 22.3 Å². The Balaban J connectivity index is 2.55. The molecular weight excluding hydrogens is 256 g/mol. The fourth-order valence-electron chi connectivity index (χ4n) is 2.09. The molecule has 1 heterocycles. The Labute approximate surface area is 105 Å². The minimum absolute atomic E-state index is 0.0193.